The summed E-state index contributed by atoms with van der Waals surface area (Å²) in [5.41, 5.74) is 3.16. The summed E-state index contributed by atoms with van der Waals surface area (Å²) >= 11 is 12.6. The molecule has 1 aliphatic rings. The average molecular weight is 310 g/mol. The molecule has 3 rings (SSSR count). The van der Waals surface area contributed by atoms with Gasteiger partial charge in [-0.05, 0) is 37.5 Å². The van der Waals surface area contributed by atoms with Gasteiger partial charge in [0.25, 0.3) is 0 Å². The van der Waals surface area contributed by atoms with Crippen LogP contribution in [-0.2, 0) is 5.88 Å². The summed E-state index contributed by atoms with van der Waals surface area (Å²) in [7, 11) is 0. The molecule has 0 aliphatic heterocycles. The second kappa shape index (κ2) is 5.74. The van der Waals surface area contributed by atoms with Crippen molar-refractivity contribution in [2.75, 3.05) is 0 Å². The Balaban J connectivity index is 2.08. The zero-order valence-electron chi connectivity index (χ0n) is 11.4. The lowest BCUT2D eigenvalue weighted by Gasteiger charge is -2.06. The average Bonchev–Trinajstić information content (AvgIpc) is 3.05. The van der Waals surface area contributed by atoms with Crippen molar-refractivity contribution < 1.29 is 0 Å². The summed E-state index contributed by atoms with van der Waals surface area (Å²) in [4.78, 5) is 4.36. The molecule has 106 valence electrons. The van der Waals surface area contributed by atoms with Crippen LogP contribution in [0, 0.1) is 6.92 Å². The Kier molecular flexibility index (Phi) is 3.99. The maximum atomic E-state index is 6.47. The zero-order chi connectivity index (χ0) is 14.1. The van der Waals surface area contributed by atoms with E-state index in [1.54, 1.807) is 10.9 Å². The van der Waals surface area contributed by atoms with Gasteiger partial charge in [-0.1, -0.05) is 24.4 Å². The van der Waals surface area contributed by atoms with Gasteiger partial charge in [-0.15, -0.1) is 11.6 Å². The molecule has 2 aromatic heterocycles. The van der Waals surface area contributed by atoms with Crippen LogP contribution >= 0.6 is 23.2 Å². The van der Waals surface area contributed by atoms with Crippen molar-refractivity contribution in [3.05, 3.63) is 40.3 Å². The maximum absolute atomic E-state index is 6.47. The second-order valence-corrected chi connectivity index (χ2v) is 6.00. The van der Waals surface area contributed by atoms with Crippen molar-refractivity contribution in [2.24, 2.45) is 0 Å². The summed E-state index contributed by atoms with van der Waals surface area (Å²) in [6, 6.07) is 3.94. The van der Waals surface area contributed by atoms with Crippen molar-refractivity contribution in [1.29, 1.82) is 0 Å². The Morgan fingerprint density at radius 1 is 1.35 bits per heavy atom. The Morgan fingerprint density at radius 3 is 2.75 bits per heavy atom. The number of nitrogens with zero attached hydrogens (tertiary/aromatic N) is 3. The van der Waals surface area contributed by atoms with Crippen LogP contribution < -0.4 is 0 Å². The van der Waals surface area contributed by atoms with Crippen molar-refractivity contribution in [3.63, 3.8) is 0 Å². The van der Waals surface area contributed by atoms with E-state index in [0.29, 0.717) is 17.0 Å². The largest absolute Gasteiger partial charge is 0.237 e. The third-order valence-corrected chi connectivity index (χ3v) is 4.60. The minimum atomic E-state index is 0.399. The first-order chi connectivity index (χ1) is 9.70. The van der Waals surface area contributed by atoms with Crippen LogP contribution in [0.4, 0.5) is 0 Å². The summed E-state index contributed by atoms with van der Waals surface area (Å²) in [5.74, 6) is 1.65. The molecule has 20 heavy (non-hydrogen) atoms. The van der Waals surface area contributed by atoms with Crippen molar-refractivity contribution >= 4 is 23.2 Å². The van der Waals surface area contributed by atoms with Crippen LogP contribution in [0.1, 0.15) is 48.4 Å². The molecule has 1 fully saturated rings. The van der Waals surface area contributed by atoms with E-state index in [-0.39, 0.29) is 0 Å². The van der Waals surface area contributed by atoms with Gasteiger partial charge in [-0.2, -0.15) is 5.10 Å². The number of aryl methyl sites for hydroxylation is 1. The number of rotatable bonds is 3. The molecule has 0 unspecified atom stereocenters. The lowest BCUT2D eigenvalue weighted by Crippen LogP contribution is -2.02. The quantitative estimate of drug-likeness (QED) is 0.774. The molecular weight excluding hydrogens is 293 g/mol. The lowest BCUT2D eigenvalue weighted by molar-refractivity contribution is 0.672. The van der Waals surface area contributed by atoms with E-state index in [0.717, 1.165) is 22.6 Å². The molecule has 0 aromatic carbocycles. The number of hydrogen-bond acceptors (Lipinski definition) is 2. The zero-order valence-corrected chi connectivity index (χ0v) is 13.0. The van der Waals surface area contributed by atoms with Crippen molar-refractivity contribution in [2.45, 2.75) is 44.4 Å². The Morgan fingerprint density at radius 2 is 2.10 bits per heavy atom. The van der Waals surface area contributed by atoms with Crippen molar-refractivity contribution in [1.82, 2.24) is 14.8 Å². The number of pyridine rings is 1. The molecule has 0 spiro atoms. The molecule has 0 atom stereocenters. The predicted molar refractivity (Wildman–Crippen MR) is 81.9 cm³/mol. The molecule has 5 heteroatoms. The highest BCUT2D eigenvalue weighted by Crippen LogP contribution is 2.38. The summed E-state index contributed by atoms with van der Waals surface area (Å²) in [6.45, 7) is 2.03. The lowest BCUT2D eigenvalue weighted by atomic mass is 10.0. The van der Waals surface area contributed by atoms with Crippen LogP contribution in [0.3, 0.4) is 0 Å². The van der Waals surface area contributed by atoms with Crippen LogP contribution in [0.15, 0.2) is 18.3 Å². The molecule has 0 saturated heterocycles. The molecular formula is C15H17Cl2N3. The van der Waals surface area contributed by atoms with E-state index in [4.69, 9.17) is 28.3 Å². The Bertz CT molecular complexity index is 616. The van der Waals surface area contributed by atoms with E-state index in [1.165, 1.54) is 25.7 Å². The fourth-order valence-corrected chi connectivity index (χ4v) is 3.50. The van der Waals surface area contributed by atoms with Crippen molar-refractivity contribution in [3.8, 4) is 5.82 Å². The standard InChI is InChI=1S/C15H17Cl2N3/c1-10-6-7-18-13(8-10)20-15(17)12(9-16)14(19-20)11-4-2-3-5-11/h6-8,11H,2-5,9H2,1H3. The van der Waals surface area contributed by atoms with Gasteiger partial charge in [0.1, 0.15) is 5.15 Å². The Labute approximate surface area is 128 Å². The van der Waals surface area contributed by atoms with Crippen LogP contribution in [0.5, 0.6) is 0 Å². The van der Waals surface area contributed by atoms with E-state index in [2.05, 4.69) is 4.98 Å². The molecule has 1 saturated carbocycles. The Hall–Kier alpha value is -1.06. The highest BCUT2D eigenvalue weighted by molar-refractivity contribution is 6.31. The third kappa shape index (κ3) is 2.45. The minimum absolute atomic E-state index is 0.399. The van der Waals surface area contributed by atoms with Gasteiger partial charge in [0.05, 0.1) is 11.6 Å². The van der Waals surface area contributed by atoms with Crippen LogP contribution in [-0.4, -0.2) is 14.8 Å². The van der Waals surface area contributed by atoms with E-state index < -0.39 is 0 Å². The van der Waals surface area contributed by atoms with Gasteiger partial charge in [0.2, 0.25) is 0 Å². The van der Waals surface area contributed by atoms with E-state index in [9.17, 15) is 0 Å². The number of alkyl halides is 1. The monoisotopic (exact) mass is 309 g/mol. The van der Waals surface area contributed by atoms with Gasteiger partial charge in [-0.3, -0.25) is 0 Å². The highest BCUT2D eigenvalue weighted by atomic mass is 35.5. The molecule has 0 amide bonds. The maximum Gasteiger partial charge on any atom is 0.155 e. The predicted octanol–water partition coefficient (Wildman–Crippen LogP) is 4.63. The summed E-state index contributed by atoms with van der Waals surface area (Å²) in [6.07, 6.45) is 6.66. The number of hydrogen-bond donors (Lipinski definition) is 0. The van der Waals surface area contributed by atoms with E-state index in [1.807, 2.05) is 19.1 Å². The van der Waals surface area contributed by atoms with Crippen LogP contribution in [0.2, 0.25) is 5.15 Å². The second-order valence-electron chi connectivity index (χ2n) is 5.37. The van der Waals surface area contributed by atoms with Gasteiger partial charge in [-0.25, -0.2) is 9.67 Å². The molecule has 2 heterocycles. The molecule has 0 radical (unpaired) electrons. The molecule has 0 bridgehead atoms. The topological polar surface area (TPSA) is 30.7 Å². The summed E-state index contributed by atoms with van der Waals surface area (Å²) in [5, 5.41) is 5.31. The normalized spacial score (nSPS) is 15.9. The molecule has 2 aromatic rings. The first-order valence-corrected chi connectivity index (χ1v) is 7.88. The number of aromatic nitrogens is 3. The highest BCUT2D eigenvalue weighted by Gasteiger charge is 2.26. The van der Waals surface area contributed by atoms with Gasteiger partial charge >= 0.3 is 0 Å². The van der Waals surface area contributed by atoms with Crippen LogP contribution in [0.25, 0.3) is 5.82 Å². The van der Waals surface area contributed by atoms with Gasteiger partial charge in [0, 0.05) is 17.7 Å². The van der Waals surface area contributed by atoms with E-state index >= 15 is 0 Å². The summed E-state index contributed by atoms with van der Waals surface area (Å²) < 4.78 is 1.72. The third-order valence-electron chi connectivity index (χ3n) is 3.95. The smallest absolute Gasteiger partial charge is 0.155 e. The minimum Gasteiger partial charge on any atom is -0.237 e. The first kappa shape index (κ1) is 13.9. The SMILES string of the molecule is Cc1ccnc(-n2nc(C3CCCC3)c(CCl)c2Cl)c1. The molecule has 1 aliphatic carbocycles. The fraction of sp³-hybridized carbons (Fsp3) is 0.467. The van der Waals surface area contributed by atoms with Gasteiger partial charge in [0.15, 0.2) is 5.82 Å². The molecule has 0 N–H and O–H groups in total. The fourth-order valence-electron chi connectivity index (χ4n) is 2.88. The molecule has 3 nitrogen and oxygen atoms in total. The van der Waals surface area contributed by atoms with Gasteiger partial charge < -0.3 is 0 Å². The first-order valence-electron chi connectivity index (χ1n) is 6.97. The number of halogens is 2.